The number of hydrogen-bond donors (Lipinski definition) is 3. The second-order valence-electron chi connectivity index (χ2n) is 8.79. The first kappa shape index (κ1) is 32.4. The highest BCUT2D eigenvalue weighted by Gasteiger charge is 2.47. The lowest BCUT2D eigenvalue weighted by atomic mass is 10.0. The summed E-state index contributed by atoms with van der Waals surface area (Å²) in [7, 11) is 0. The predicted octanol–water partition coefficient (Wildman–Crippen LogP) is 3.38. The second-order valence-corrected chi connectivity index (χ2v) is 9.19. The number of ether oxygens (including phenoxy) is 1. The molecule has 0 aromatic heterocycles. The van der Waals surface area contributed by atoms with Gasteiger partial charge in [-0.05, 0) is 36.4 Å². The lowest BCUT2D eigenvalue weighted by Crippen LogP contribution is -2.57. The Morgan fingerprint density at radius 2 is 1.76 bits per heavy atom. The molecule has 14 heteroatoms. The molecule has 2 aliphatic rings. The average Bonchev–Trinajstić information content (AvgIpc) is 3.19. The van der Waals surface area contributed by atoms with Gasteiger partial charge in [-0.25, -0.2) is 4.39 Å². The number of piperazine rings is 1. The predicted molar refractivity (Wildman–Crippen MR) is 139 cm³/mol. The third kappa shape index (κ3) is 7.20. The minimum absolute atomic E-state index is 0. The van der Waals surface area contributed by atoms with Crippen molar-refractivity contribution < 1.29 is 37.3 Å². The Labute approximate surface area is 234 Å². The van der Waals surface area contributed by atoms with Gasteiger partial charge < -0.3 is 25.2 Å². The Hall–Kier alpha value is -1.86. The summed E-state index contributed by atoms with van der Waals surface area (Å²) in [4.78, 5) is 16.3. The smallest absolute Gasteiger partial charge is 0.394 e. The van der Waals surface area contributed by atoms with Gasteiger partial charge in [0.25, 0.3) is 5.91 Å². The van der Waals surface area contributed by atoms with Crippen molar-refractivity contribution in [1.29, 1.82) is 0 Å². The maximum absolute atomic E-state index is 13.4. The highest BCUT2D eigenvalue weighted by atomic mass is 35.5. The van der Waals surface area contributed by atoms with E-state index in [1.165, 1.54) is 18.2 Å². The van der Waals surface area contributed by atoms with Crippen LogP contribution in [0.25, 0.3) is 0 Å². The van der Waals surface area contributed by atoms with Gasteiger partial charge in [0, 0.05) is 44.0 Å². The zero-order chi connectivity index (χ0) is 26.0. The van der Waals surface area contributed by atoms with Gasteiger partial charge in [-0.15, -0.1) is 24.8 Å². The number of nitrogens with one attached hydrogen (secondary N) is 1. The van der Waals surface area contributed by atoms with Crippen LogP contribution >= 0.6 is 36.4 Å². The standard InChI is InChI=1S/C24H26ClF4N3O4.2ClH/c25-17-10-14(4-5-18(17)26)23(35)30-12-19-21(22(34)20(13-33)36-19)32-8-6-31(7-9-32)16-3-1-2-15(11-16)24(27,28)29;;/h1-5,10-11,19-22,33-34H,6-9,12-13H2,(H,30,35);2*1H/t19-,20+,21+,22-;;/m1../s1. The van der Waals surface area contributed by atoms with Gasteiger partial charge in [0.2, 0.25) is 0 Å². The van der Waals surface area contributed by atoms with E-state index in [2.05, 4.69) is 5.32 Å². The van der Waals surface area contributed by atoms with E-state index in [0.717, 1.165) is 18.2 Å². The SMILES string of the molecule is Cl.Cl.O=C(NC[C@H]1O[C@@H](CO)[C@@H](O)[C@H]1N1CCN(c2cccc(C(F)(F)F)c2)CC1)c1ccc(F)c(Cl)c1. The van der Waals surface area contributed by atoms with Crippen LogP contribution in [0.15, 0.2) is 42.5 Å². The number of aliphatic hydroxyl groups excluding tert-OH is 2. The average molecular weight is 605 g/mol. The molecular formula is C24H28Cl3F4N3O4. The van der Waals surface area contributed by atoms with Crippen molar-refractivity contribution in [2.24, 2.45) is 0 Å². The summed E-state index contributed by atoms with van der Waals surface area (Å²) >= 11 is 5.75. The number of amides is 1. The number of carbonyl (C=O) groups is 1. The first-order valence-electron chi connectivity index (χ1n) is 11.4. The van der Waals surface area contributed by atoms with Gasteiger partial charge in [-0.2, -0.15) is 13.2 Å². The molecule has 1 amide bonds. The molecule has 7 nitrogen and oxygen atoms in total. The molecule has 0 bridgehead atoms. The van der Waals surface area contributed by atoms with Crippen molar-refractivity contribution in [2.45, 2.75) is 30.5 Å². The Balaban J connectivity index is 0.00000253. The maximum Gasteiger partial charge on any atom is 0.416 e. The quantitative estimate of drug-likeness (QED) is 0.439. The monoisotopic (exact) mass is 603 g/mol. The molecule has 3 N–H and O–H groups in total. The summed E-state index contributed by atoms with van der Waals surface area (Å²) in [6, 6.07) is 8.17. The minimum Gasteiger partial charge on any atom is -0.394 e. The summed E-state index contributed by atoms with van der Waals surface area (Å²) in [5.41, 5.74) is -0.0984. The van der Waals surface area contributed by atoms with Crippen LogP contribution in [-0.4, -0.2) is 84.7 Å². The number of halogens is 7. The number of aliphatic hydroxyl groups is 2. The summed E-state index contributed by atoms with van der Waals surface area (Å²) in [6.07, 6.45) is -6.97. The number of benzene rings is 2. The molecule has 4 atom stereocenters. The molecule has 0 spiro atoms. The fraction of sp³-hybridized carbons (Fsp3) is 0.458. The zero-order valence-corrected chi connectivity index (χ0v) is 22.3. The molecule has 2 saturated heterocycles. The van der Waals surface area contributed by atoms with Gasteiger partial charge in [0.15, 0.2) is 0 Å². The van der Waals surface area contributed by atoms with Crippen LogP contribution in [0.5, 0.6) is 0 Å². The van der Waals surface area contributed by atoms with E-state index in [-0.39, 0.29) is 41.9 Å². The van der Waals surface area contributed by atoms with Gasteiger partial charge in [0.1, 0.15) is 18.0 Å². The molecule has 0 saturated carbocycles. The summed E-state index contributed by atoms with van der Waals surface area (Å²) in [6.45, 7) is 1.29. The number of anilines is 1. The Morgan fingerprint density at radius 3 is 2.37 bits per heavy atom. The number of nitrogens with zero attached hydrogens (tertiary/aromatic N) is 2. The summed E-state index contributed by atoms with van der Waals surface area (Å²) in [5, 5.41) is 22.9. The number of carbonyl (C=O) groups excluding carboxylic acids is 1. The molecule has 38 heavy (non-hydrogen) atoms. The van der Waals surface area contributed by atoms with E-state index in [4.69, 9.17) is 16.3 Å². The topological polar surface area (TPSA) is 85.3 Å². The minimum atomic E-state index is -4.43. The molecule has 0 radical (unpaired) electrons. The highest BCUT2D eigenvalue weighted by molar-refractivity contribution is 6.31. The van der Waals surface area contributed by atoms with Crippen LogP contribution in [0.2, 0.25) is 5.02 Å². The molecular weight excluding hydrogens is 577 g/mol. The van der Waals surface area contributed by atoms with Gasteiger partial charge in [-0.3, -0.25) is 9.69 Å². The molecule has 2 fully saturated rings. The Morgan fingerprint density at radius 1 is 1.08 bits per heavy atom. The molecule has 2 aromatic carbocycles. The lowest BCUT2D eigenvalue weighted by Gasteiger charge is -2.41. The van der Waals surface area contributed by atoms with Crippen molar-refractivity contribution in [3.8, 4) is 0 Å². The van der Waals surface area contributed by atoms with Gasteiger partial charge >= 0.3 is 6.18 Å². The zero-order valence-electron chi connectivity index (χ0n) is 19.9. The lowest BCUT2D eigenvalue weighted by molar-refractivity contribution is -0.137. The Bertz CT molecular complexity index is 1090. The van der Waals surface area contributed by atoms with E-state index in [1.54, 1.807) is 6.07 Å². The molecule has 4 rings (SSSR count). The third-order valence-corrected chi connectivity index (χ3v) is 6.85. The summed E-state index contributed by atoms with van der Waals surface area (Å²) < 4.78 is 58.5. The first-order chi connectivity index (χ1) is 17.1. The molecule has 2 aliphatic heterocycles. The Kier molecular flexibility index (Phi) is 11.5. The molecule has 2 heterocycles. The highest BCUT2D eigenvalue weighted by Crippen LogP contribution is 2.33. The van der Waals surface area contributed by atoms with Crippen LogP contribution < -0.4 is 10.2 Å². The summed E-state index contributed by atoms with van der Waals surface area (Å²) in [5.74, 6) is -1.15. The van der Waals surface area contributed by atoms with Crippen LogP contribution in [0, 0.1) is 5.82 Å². The number of hydrogen-bond acceptors (Lipinski definition) is 6. The molecule has 2 aromatic rings. The van der Waals surface area contributed by atoms with E-state index >= 15 is 0 Å². The maximum atomic E-state index is 13.4. The fourth-order valence-electron chi connectivity index (χ4n) is 4.69. The second kappa shape index (κ2) is 13.5. The van der Waals surface area contributed by atoms with Crippen LogP contribution in [0.1, 0.15) is 15.9 Å². The van der Waals surface area contributed by atoms with Crippen molar-refractivity contribution in [1.82, 2.24) is 10.2 Å². The third-order valence-electron chi connectivity index (χ3n) is 6.56. The molecule has 0 unspecified atom stereocenters. The van der Waals surface area contributed by atoms with Crippen LogP contribution in [0.4, 0.5) is 23.2 Å². The molecule has 212 valence electrons. The van der Waals surface area contributed by atoms with E-state index < -0.39 is 54.4 Å². The molecule has 0 aliphatic carbocycles. The van der Waals surface area contributed by atoms with E-state index in [9.17, 15) is 32.6 Å². The van der Waals surface area contributed by atoms with Gasteiger partial charge in [-0.1, -0.05) is 17.7 Å². The van der Waals surface area contributed by atoms with Crippen molar-refractivity contribution in [3.05, 3.63) is 64.4 Å². The first-order valence-corrected chi connectivity index (χ1v) is 11.8. The van der Waals surface area contributed by atoms with Crippen LogP contribution in [0.3, 0.4) is 0 Å². The van der Waals surface area contributed by atoms with Crippen molar-refractivity contribution in [3.63, 3.8) is 0 Å². The van der Waals surface area contributed by atoms with Crippen molar-refractivity contribution in [2.75, 3.05) is 44.2 Å². The largest absolute Gasteiger partial charge is 0.416 e. The van der Waals surface area contributed by atoms with E-state index in [1.807, 2.05) is 9.80 Å². The number of rotatable bonds is 6. The van der Waals surface area contributed by atoms with Crippen molar-refractivity contribution >= 4 is 48.0 Å². The number of alkyl halides is 3. The van der Waals surface area contributed by atoms with Crippen LogP contribution in [-0.2, 0) is 10.9 Å². The van der Waals surface area contributed by atoms with E-state index in [0.29, 0.717) is 31.9 Å². The van der Waals surface area contributed by atoms with Gasteiger partial charge in [0.05, 0.1) is 29.3 Å². The normalized spacial score (nSPS) is 23.9. The fourth-order valence-corrected chi connectivity index (χ4v) is 4.87.